The van der Waals surface area contributed by atoms with Gasteiger partial charge in [-0.2, -0.15) is 0 Å². The molecule has 3 aromatic rings. The first-order valence-electron chi connectivity index (χ1n) is 10.5. The van der Waals surface area contributed by atoms with E-state index in [1.165, 1.54) is 10.4 Å². The molecule has 6 nitrogen and oxygen atoms in total. The van der Waals surface area contributed by atoms with Gasteiger partial charge in [-0.3, -0.25) is 4.79 Å². The van der Waals surface area contributed by atoms with Crippen molar-refractivity contribution in [2.75, 3.05) is 38.3 Å². The van der Waals surface area contributed by atoms with E-state index >= 15 is 0 Å². The van der Waals surface area contributed by atoms with Crippen molar-refractivity contribution in [1.29, 1.82) is 0 Å². The molecule has 0 aliphatic heterocycles. The summed E-state index contributed by atoms with van der Waals surface area (Å²) in [5.74, 6) is 0.909. The van der Waals surface area contributed by atoms with Gasteiger partial charge in [0, 0.05) is 44.6 Å². The third-order valence-electron chi connectivity index (χ3n) is 4.83. The maximum Gasteiger partial charge on any atom is 0.221 e. The van der Waals surface area contributed by atoms with Crippen LogP contribution in [0.15, 0.2) is 42.7 Å². The molecule has 7 heteroatoms. The predicted octanol–water partition coefficient (Wildman–Crippen LogP) is 4.51. The van der Waals surface area contributed by atoms with E-state index in [1.807, 2.05) is 30.1 Å². The molecule has 1 amide bonds. The minimum atomic E-state index is 0.0519. The van der Waals surface area contributed by atoms with Gasteiger partial charge in [0.1, 0.15) is 17.0 Å². The van der Waals surface area contributed by atoms with Gasteiger partial charge >= 0.3 is 0 Å². The third kappa shape index (κ3) is 6.24. The number of carbonyl (C=O) groups excluding carboxylic acids is 1. The average molecular weight is 427 g/mol. The molecule has 0 atom stereocenters. The molecule has 2 heterocycles. The summed E-state index contributed by atoms with van der Waals surface area (Å²) < 4.78 is 5.51. The molecular formula is C23H30N4O2S. The molecule has 0 saturated heterocycles. The molecule has 0 aliphatic carbocycles. The lowest BCUT2D eigenvalue weighted by Crippen LogP contribution is -2.30. The van der Waals surface area contributed by atoms with Crippen LogP contribution in [-0.4, -0.2) is 49.2 Å². The van der Waals surface area contributed by atoms with Crippen molar-refractivity contribution >= 4 is 33.3 Å². The smallest absolute Gasteiger partial charge is 0.221 e. The maximum atomic E-state index is 12.2. The van der Waals surface area contributed by atoms with Gasteiger partial charge in [-0.25, -0.2) is 9.97 Å². The van der Waals surface area contributed by atoms with Gasteiger partial charge in [0.15, 0.2) is 0 Å². The van der Waals surface area contributed by atoms with E-state index in [9.17, 15) is 4.79 Å². The van der Waals surface area contributed by atoms with Crippen molar-refractivity contribution in [1.82, 2.24) is 15.3 Å². The van der Waals surface area contributed by atoms with E-state index in [1.54, 1.807) is 17.7 Å². The number of thiophene rings is 1. The Balaban J connectivity index is 1.51. The van der Waals surface area contributed by atoms with E-state index < -0.39 is 0 Å². The summed E-state index contributed by atoms with van der Waals surface area (Å²) in [5, 5.41) is 3.99. The lowest BCUT2D eigenvalue weighted by atomic mass is 10.2. The zero-order chi connectivity index (χ0) is 21.2. The van der Waals surface area contributed by atoms with Crippen molar-refractivity contribution in [2.45, 2.75) is 32.6 Å². The van der Waals surface area contributed by atoms with Gasteiger partial charge in [0.25, 0.3) is 0 Å². The number of ether oxygens (including phenoxy) is 1. The Hall–Kier alpha value is -2.51. The van der Waals surface area contributed by atoms with E-state index in [2.05, 4.69) is 40.4 Å². The zero-order valence-electron chi connectivity index (χ0n) is 17.8. The fourth-order valence-electron chi connectivity index (χ4n) is 3.11. The molecular weight excluding hydrogens is 396 g/mol. The van der Waals surface area contributed by atoms with Crippen LogP contribution < -0.4 is 10.2 Å². The number of rotatable bonds is 12. The van der Waals surface area contributed by atoms with Crippen molar-refractivity contribution in [3.8, 4) is 10.4 Å². The molecule has 3 rings (SSSR count). The van der Waals surface area contributed by atoms with Crippen LogP contribution in [0.4, 0.5) is 5.82 Å². The number of anilines is 1. The van der Waals surface area contributed by atoms with Crippen LogP contribution in [-0.2, 0) is 9.53 Å². The first kappa shape index (κ1) is 22.2. The van der Waals surface area contributed by atoms with Crippen LogP contribution in [0.3, 0.4) is 0 Å². The molecule has 30 heavy (non-hydrogen) atoms. The minimum Gasteiger partial charge on any atom is -0.381 e. The number of fused-ring (bicyclic) bond motifs is 1. The van der Waals surface area contributed by atoms with Crippen molar-refractivity contribution in [2.24, 2.45) is 0 Å². The highest BCUT2D eigenvalue weighted by Crippen LogP contribution is 2.35. The number of amides is 1. The highest BCUT2D eigenvalue weighted by molar-refractivity contribution is 7.21. The quantitative estimate of drug-likeness (QED) is 0.432. The number of aromatic nitrogens is 2. The topological polar surface area (TPSA) is 67.3 Å². The first-order valence-corrected chi connectivity index (χ1v) is 11.4. The molecule has 2 aromatic heterocycles. The van der Waals surface area contributed by atoms with Crippen LogP contribution in [0.5, 0.6) is 0 Å². The summed E-state index contributed by atoms with van der Waals surface area (Å²) in [6, 6.07) is 12.4. The second-order valence-corrected chi connectivity index (χ2v) is 8.26. The van der Waals surface area contributed by atoms with Crippen LogP contribution in [0.25, 0.3) is 20.7 Å². The van der Waals surface area contributed by atoms with Gasteiger partial charge < -0.3 is 15.0 Å². The van der Waals surface area contributed by atoms with Gasteiger partial charge in [0.2, 0.25) is 5.91 Å². The number of hydrogen-bond donors (Lipinski definition) is 1. The largest absolute Gasteiger partial charge is 0.381 e. The minimum absolute atomic E-state index is 0.0519. The monoisotopic (exact) mass is 426 g/mol. The summed E-state index contributed by atoms with van der Waals surface area (Å²) in [5.41, 5.74) is 1.17. The third-order valence-corrected chi connectivity index (χ3v) is 5.92. The maximum absolute atomic E-state index is 12.2. The van der Waals surface area contributed by atoms with Crippen molar-refractivity contribution in [3.05, 3.63) is 42.7 Å². The Morgan fingerprint density at radius 1 is 1.17 bits per heavy atom. The molecule has 0 fully saturated rings. The highest BCUT2D eigenvalue weighted by atomic mass is 32.1. The molecule has 0 saturated carbocycles. The van der Waals surface area contributed by atoms with E-state index in [0.717, 1.165) is 41.9 Å². The molecule has 160 valence electrons. The molecule has 0 bridgehead atoms. The fraction of sp³-hybridized carbons (Fsp3) is 0.435. The van der Waals surface area contributed by atoms with Gasteiger partial charge in [0.05, 0.1) is 5.39 Å². The highest BCUT2D eigenvalue weighted by Gasteiger charge is 2.14. The van der Waals surface area contributed by atoms with Gasteiger partial charge in [-0.1, -0.05) is 43.7 Å². The second-order valence-electron chi connectivity index (χ2n) is 7.23. The Kier molecular flexibility index (Phi) is 8.59. The number of nitrogens with zero attached hydrogens (tertiary/aromatic N) is 3. The Labute approximate surface area is 182 Å². The fourth-order valence-corrected chi connectivity index (χ4v) is 4.10. The van der Waals surface area contributed by atoms with Crippen molar-refractivity contribution in [3.63, 3.8) is 0 Å². The second kappa shape index (κ2) is 11.6. The molecule has 0 radical (unpaired) electrons. The van der Waals surface area contributed by atoms with E-state index in [4.69, 9.17) is 4.74 Å². The van der Waals surface area contributed by atoms with Gasteiger partial charge in [-0.15, -0.1) is 11.3 Å². The number of carbonyl (C=O) groups is 1. The van der Waals surface area contributed by atoms with E-state index in [0.29, 0.717) is 26.1 Å². The van der Waals surface area contributed by atoms with E-state index in [-0.39, 0.29) is 5.91 Å². The lowest BCUT2D eigenvalue weighted by Gasteiger charge is -2.18. The lowest BCUT2D eigenvalue weighted by molar-refractivity contribution is -0.120. The predicted molar refractivity (Wildman–Crippen MR) is 124 cm³/mol. The molecule has 0 unspecified atom stereocenters. The van der Waals surface area contributed by atoms with Crippen LogP contribution >= 0.6 is 11.3 Å². The summed E-state index contributed by atoms with van der Waals surface area (Å²) in [4.78, 5) is 25.2. The molecule has 0 aliphatic rings. The summed E-state index contributed by atoms with van der Waals surface area (Å²) in [6.45, 7) is 4.89. The number of hydrogen-bond acceptors (Lipinski definition) is 6. The SMILES string of the molecule is CCCCOCCCNC(=O)CCN(C)c1ncnc2sc(-c3ccccc3)cc12. The normalized spacial score (nSPS) is 11.0. The van der Waals surface area contributed by atoms with Crippen LogP contribution in [0.2, 0.25) is 0 Å². The number of unbranched alkanes of at least 4 members (excludes halogenated alkanes) is 1. The standard InChI is InChI=1S/C23H30N4O2S/c1-3-4-14-29-15-8-12-24-21(28)11-13-27(2)22-19-16-20(18-9-6-5-7-10-18)30-23(19)26-17-25-22/h5-7,9-10,16-17H,3-4,8,11-15H2,1-2H3,(H,24,28). The van der Waals surface area contributed by atoms with Crippen molar-refractivity contribution < 1.29 is 9.53 Å². The van der Waals surface area contributed by atoms with Crippen LogP contribution in [0.1, 0.15) is 32.6 Å². The summed E-state index contributed by atoms with van der Waals surface area (Å²) >= 11 is 1.66. The average Bonchev–Trinajstić information content (AvgIpc) is 3.22. The Bertz CT molecular complexity index is 929. The molecule has 0 spiro atoms. The van der Waals surface area contributed by atoms with Gasteiger partial charge in [-0.05, 0) is 24.5 Å². The Morgan fingerprint density at radius 3 is 2.77 bits per heavy atom. The first-order chi connectivity index (χ1) is 14.7. The molecule has 1 aromatic carbocycles. The number of benzene rings is 1. The van der Waals surface area contributed by atoms with Crippen LogP contribution in [0, 0.1) is 0 Å². The zero-order valence-corrected chi connectivity index (χ0v) is 18.6. The summed E-state index contributed by atoms with van der Waals surface area (Å²) in [6.07, 6.45) is 5.09. The molecule has 1 N–H and O–H groups in total. The number of nitrogens with one attached hydrogen (secondary N) is 1. The Morgan fingerprint density at radius 2 is 1.97 bits per heavy atom. The summed E-state index contributed by atoms with van der Waals surface area (Å²) in [7, 11) is 1.97.